The van der Waals surface area contributed by atoms with Crippen molar-refractivity contribution in [3.8, 4) is 0 Å². The van der Waals surface area contributed by atoms with E-state index in [2.05, 4.69) is 17.6 Å². The van der Waals surface area contributed by atoms with Crippen LogP contribution in [0.2, 0.25) is 0 Å². The number of aliphatic hydroxyl groups is 1. The first-order chi connectivity index (χ1) is 10.6. The number of carbonyl (C=O) groups is 1. The highest BCUT2D eigenvalue weighted by Crippen LogP contribution is 2.24. The summed E-state index contributed by atoms with van der Waals surface area (Å²) < 4.78 is 0. The number of piperidine rings is 1. The molecule has 1 saturated heterocycles. The fourth-order valence-electron chi connectivity index (χ4n) is 3.06. The highest BCUT2D eigenvalue weighted by molar-refractivity contribution is 5.76. The molecule has 0 aliphatic carbocycles. The average molecular weight is 304 g/mol. The van der Waals surface area contributed by atoms with E-state index in [1.807, 2.05) is 31.2 Å². The van der Waals surface area contributed by atoms with Crippen LogP contribution < -0.4 is 10.6 Å². The van der Waals surface area contributed by atoms with E-state index in [1.165, 1.54) is 0 Å². The number of amides is 1. The van der Waals surface area contributed by atoms with Crippen molar-refractivity contribution in [1.82, 2.24) is 10.6 Å². The molecule has 1 fully saturated rings. The second-order valence-electron chi connectivity index (χ2n) is 6.50. The molecular formula is C18H28N2O2. The molecule has 1 aromatic rings. The molecule has 1 aliphatic heterocycles. The van der Waals surface area contributed by atoms with Gasteiger partial charge in [0.25, 0.3) is 0 Å². The zero-order valence-electron chi connectivity index (χ0n) is 13.6. The van der Waals surface area contributed by atoms with Gasteiger partial charge in [0.1, 0.15) is 0 Å². The Balaban J connectivity index is 1.73. The van der Waals surface area contributed by atoms with Crippen LogP contribution in [0.1, 0.15) is 43.4 Å². The maximum absolute atomic E-state index is 12.0. The van der Waals surface area contributed by atoms with Gasteiger partial charge in [-0.3, -0.25) is 4.79 Å². The van der Waals surface area contributed by atoms with E-state index in [1.54, 1.807) is 0 Å². The number of nitrogens with one attached hydrogen (secondary N) is 2. The Bertz CT molecular complexity index is 466. The first-order valence-corrected chi connectivity index (χ1v) is 8.28. The molecule has 1 aliphatic rings. The Morgan fingerprint density at radius 2 is 1.95 bits per heavy atom. The summed E-state index contributed by atoms with van der Waals surface area (Å²) in [7, 11) is 0. The lowest BCUT2D eigenvalue weighted by Gasteiger charge is -2.28. The standard InChI is InChI=1S/C18H28N2O2/c1-13-3-5-16(6-4-13)17(21)12-20-18(22)11-14(2)15-7-9-19-10-8-15/h3-6,14-15,17,19,21H,7-12H2,1-2H3,(H,20,22). The normalized spacial score (nSPS) is 18.7. The molecule has 122 valence electrons. The molecule has 1 amide bonds. The molecule has 2 rings (SSSR count). The molecule has 0 radical (unpaired) electrons. The van der Waals surface area contributed by atoms with Crippen LogP contribution >= 0.6 is 0 Å². The number of aliphatic hydroxyl groups excluding tert-OH is 1. The van der Waals surface area contributed by atoms with Crippen molar-refractivity contribution in [3.63, 3.8) is 0 Å². The van der Waals surface area contributed by atoms with E-state index < -0.39 is 6.10 Å². The van der Waals surface area contributed by atoms with Crippen molar-refractivity contribution in [2.75, 3.05) is 19.6 Å². The van der Waals surface area contributed by atoms with Crippen LogP contribution in [0.5, 0.6) is 0 Å². The van der Waals surface area contributed by atoms with E-state index in [-0.39, 0.29) is 12.5 Å². The lowest BCUT2D eigenvalue weighted by atomic mass is 9.84. The van der Waals surface area contributed by atoms with Gasteiger partial charge in [-0.2, -0.15) is 0 Å². The zero-order valence-corrected chi connectivity index (χ0v) is 13.6. The quantitative estimate of drug-likeness (QED) is 0.755. The van der Waals surface area contributed by atoms with Gasteiger partial charge in [0.15, 0.2) is 0 Å². The fraction of sp³-hybridized carbons (Fsp3) is 0.611. The summed E-state index contributed by atoms with van der Waals surface area (Å²) in [4.78, 5) is 12.0. The van der Waals surface area contributed by atoms with Crippen molar-refractivity contribution in [2.24, 2.45) is 11.8 Å². The van der Waals surface area contributed by atoms with Crippen LogP contribution in [0.3, 0.4) is 0 Å². The molecule has 4 nitrogen and oxygen atoms in total. The third kappa shape index (κ3) is 5.11. The van der Waals surface area contributed by atoms with E-state index in [0.29, 0.717) is 18.3 Å². The van der Waals surface area contributed by atoms with E-state index in [4.69, 9.17) is 0 Å². The fourth-order valence-corrected chi connectivity index (χ4v) is 3.06. The second kappa shape index (κ2) is 8.30. The van der Waals surface area contributed by atoms with Gasteiger partial charge < -0.3 is 15.7 Å². The summed E-state index contributed by atoms with van der Waals surface area (Å²) in [5.74, 6) is 1.07. The smallest absolute Gasteiger partial charge is 0.220 e. The number of aryl methyl sites for hydroxylation is 1. The van der Waals surface area contributed by atoms with Crippen molar-refractivity contribution < 1.29 is 9.90 Å². The maximum Gasteiger partial charge on any atom is 0.220 e. The number of carbonyl (C=O) groups excluding carboxylic acids is 1. The largest absolute Gasteiger partial charge is 0.387 e. The summed E-state index contributed by atoms with van der Waals surface area (Å²) in [5, 5.41) is 16.3. The first kappa shape index (κ1) is 17.0. The Kier molecular flexibility index (Phi) is 6.40. The predicted molar refractivity (Wildman–Crippen MR) is 88.5 cm³/mol. The maximum atomic E-state index is 12.0. The van der Waals surface area contributed by atoms with Crippen LogP contribution in [0, 0.1) is 18.8 Å². The molecule has 0 spiro atoms. The molecule has 4 heteroatoms. The topological polar surface area (TPSA) is 61.4 Å². The summed E-state index contributed by atoms with van der Waals surface area (Å²) in [6, 6.07) is 7.76. The highest BCUT2D eigenvalue weighted by atomic mass is 16.3. The van der Waals surface area contributed by atoms with Crippen molar-refractivity contribution in [1.29, 1.82) is 0 Å². The van der Waals surface area contributed by atoms with Gasteiger partial charge in [-0.15, -0.1) is 0 Å². The number of hydrogen-bond donors (Lipinski definition) is 3. The van der Waals surface area contributed by atoms with Crippen LogP contribution in [0.25, 0.3) is 0 Å². The Morgan fingerprint density at radius 3 is 2.59 bits per heavy atom. The van der Waals surface area contributed by atoms with Gasteiger partial charge in [0.05, 0.1) is 6.10 Å². The lowest BCUT2D eigenvalue weighted by molar-refractivity contribution is -0.122. The molecule has 0 aromatic heterocycles. The average Bonchev–Trinajstić information content (AvgIpc) is 2.54. The van der Waals surface area contributed by atoms with Crippen LogP contribution in [0.15, 0.2) is 24.3 Å². The minimum Gasteiger partial charge on any atom is -0.387 e. The van der Waals surface area contributed by atoms with Crippen LogP contribution in [-0.2, 0) is 4.79 Å². The van der Waals surface area contributed by atoms with Gasteiger partial charge in [-0.25, -0.2) is 0 Å². The molecule has 2 unspecified atom stereocenters. The van der Waals surface area contributed by atoms with Crippen molar-refractivity contribution in [2.45, 2.75) is 39.2 Å². The molecule has 2 atom stereocenters. The van der Waals surface area contributed by atoms with Gasteiger partial charge in [0, 0.05) is 13.0 Å². The molecule has 1 heterocycles. The minimum absolute atomic E-state index is 0.0391. The van der Waals surface area contributed by atoms with Crippen molar-refractivity contribution >= 4 is 5.91 Å². The first-order valence-electron chi connectivity index (χ1n) is 8.28. The third-order valence-electron chi connectivity index (χ3n) is 4.65. The predicted octanol–water partition coefficient (Wildman–Crippen LogP) is 2.17. The van der Waals surface area contributed by atoms with Gasteiger partial charge in [-0.1, -0.05) is 36.8 Å². The van der Waals surface area contributed by atoms with E-state index in [0.717, 1.165) is 37.1 Å². The number of benzene rings is 1. The second-order valence-corrected chi connectivity index (χ2v) is 6.50. The summed E-state index contributed by atoms with van der Waals surface area (Å²) >= 11 is 0. The number of hydrogen-bond acceptors (Lipinski definition) is 3. The molecular weight excluding hydrogens is 276 g/mol. The SMILES string of the molecule is Cc1ccc(C(O)CNC(=O)CC(C)C2CCNCC2)cc1. The lowest BCUT2D eigenvalue weighted by Crippen LogP contribution is -2.34. The summed E-state index contributed by atoms with van der Waals surface area (Å²) in [6.45, 7) is 6.57. The molecule has 0 bridgehead atoms. The van der Waals surface area contributed by atoms with Crippen LogP contribution in [-0.4, -0.2) is 30.6 Å². The molecule has 0 saturated carbocycles. The Labute approximate surface area is 133 Å². The van der Waals surface area contributed by atoms with Crippen LogP contribution in [0.4, 0.5) is 0 Å². The molecule has 22 heavy (non-hydrogen) atoms. The van der Waals surface area contributed by atoms with E-state index >= 15 is 0 Å². The Morgan fingerprint density at radius 1 is 1.32 bits per heavy atom. The number of rotatable bonds is 6. The van der Waals surface area contributed by atoms with Gasteiger partial charge in [0.2, 0.25) is 5.91 Å². The minimum atomic E-state index is -0.640. The highest BCUT2D eigenvalue weighted by Gasteiger charge is 2.22. The monoisotopic (exact) mass is 304 g/mol. The third-order valence-corrected chi connectivity index (χ3v) is 4.65. The zero-order chi connectivity index (χ0) is 15.9. The molecule has 3 N–H and O–H groups in total. The molecule has 1 aromatic carbocycles. The summed E-state index contributed by atoms with van der Waals surface area (Å²) in [6.07, 6.45) is 2.21. The van der Waals surface area contributed by atoms with E-state index in [9.17, 15) is 9.90 Å². The Hall–Kier alpha value is -1.39. The van der Waals surface area contributed by atoms with Gasteiger partial charge in [-0.05, 0) is 50.3 Å². The van der Waals surface area contributed by atoms with Crippen molar-refractivity contribution in [3.05, 3.63) is 35.4 Å². The van der Waals surface area contributed by atoms with Gasteiger partial charge >= 0.3 is 0 Å². The summed E-state index contributed by atoms with van der Waals surface area (Å²) in [5.41, 5.74) is 2.01.